The predicted octanol–water partition coefficient (Wildman–Crippen LogP) is 4.79. The van der Waals surface area contributed by atoms with Crippen LogP contribution in [-0.2, 0) is 18.9 Å². The van der Waals surface area contributed by atoms with Crippen LogP contribution in [0.5, 0.6) is 0 Å². The van der Waals surface area contributed by atoms with Crippen molar-refractivity contribution >= 4 is 30.9 Å². The third-order valence-corrected chi connectivity index (χ3v) is 8.23. The lowest BCUT2D eigenvalue weighted by Gasteiger charge is -2.34. The average Bonchev–Trinajstić information content (AvgIpc) is 2.90. The van der Waals surface area contributed by atoms with Crippen molar-refractivity contribution in [3.05, 3.63) is 0 Å². The first kappa shape index (κ1) is 32.3. The fourth-order valence-electron chi connectivity index (χ4n) is 5.43. The summed E-state index contributed by atoms with van der Waals surface area (Å²) in [6.07, 6.45) is 9.36. The molecule has 10 nitrogen and oxygen atoms in total. The Labute approximate surface area is 233 Å². The van der Waals surface area contributed by atoms with Gasteiger partial charge in [-0.15, -0.1) is 0 Å². The van der Waals surface area contributed by atoms with Crippen LogP contribution < -0.4 is 16.4 Å². The van der Waals surface area contributed by atoms with Crippen molar-refractivity contribution in [3.8, 4) is 0 Å². The van der Waals surface area contributed by atoms with Crippen molar-refractivity contribution in [2.24, 2.45) is 23.0 Å². The molecule has 4 N–H and O–H groups in total. The summed E-state index contributed by atoms with van der Waals surface area (Å²) >= 11 is 4.19. The number of rotatable bonds is 15. The summed E-state index contributed by atoms with van der Waals surface area (Å²) in [5, 5.41) is 5.99. The van der Waals surface area contributed by atoms with Crippen molar-refractivity contribution in [2.45, 2.75) is 96.6 Å². The van der Waals surface area contributed by atoms with E-state index in [1.54, 1.807) is 0 Å². The molecule has 0 saturated heterocycles. The van der Waals surface area contributed by atoms with Gasteiger partial charge >= 0.3 is 18.3 Å². The summed E-state index contributed by atoms with van der Waals surface area (Å²) in [5.74, 6) is 2.10. The molecule has 0 spiro atoms. The number of amides is 3. The number of primary amides is 1. The Balaban J connectivity index is 1.69. The van der Waals surface area contributed by atoms with Gasteiger partial charge in [0.05, 0.1) is 18.6 Å². The predicted molar refractivity (Wildman–Crippen MR) is 148 cm³/mol. The van der Waals surface area contributed by atoms with Crippen molar-refractivity contribution < 1.29 is 33.3 Å². The molecule has 2 aliphatic carbocycles. The Hall–Kier alpha value is -1.88. The molecular formula is C27H49N3O7S. The Morgan fingerprint density at radius 1 is 0.816 bits per heavy atom. The lowest BCUT2D eigenvalue weighted by atomic mass is 9.76. The maximum Gasteiger partial charge on any atom is 0.407 e. The van der Waals surface area contributed by atoms with Crippen LogP contribution in [0.25, 0.3) is 0 Å². The Morgan fingerprint density at radius 3 is 1.82 bits per heavy atom. The maximum absolute atomic E-state index is 12.6. The van der Waals surface area contributed by atoms with Crippen molar-refractivity contribution in [2.75, 3.05) is 38.8 Å². The second kappa shape index (κ2) is 17.7. The first-order valence-corrected chi connectivity index (χ1v) is 14.9. The zero-order valence-corrected chi connectivity index (χ0v) is 24.1. The summed E-state index contributed by atoms with van der Waals surface area (Å²) in [7, 11) is 0. The van der Waals surface area contributed by atoms with Gasteiger partial charge in [0.2, 0.25) is 0 Å². The number of ether oxygens (including phenoxy) is 4. The van der Waals surface area contributed by atoms with E-state index in [1.165, 1.54) is 6.42 Å². The smallest absolute Gasteiger partial charge is 0.407 e. The molecule has 0 aromatic carbocycles. The molecule has 11 heteroatoms. The van der Waals surface area contributed by atoms with E-state index in [9.17, 15) is 14.4 Å². The molecule has 2 saturated carbocycles. The summed E-state index contributed by atoms with van der Waals surface area (Å²) in [5.41, 5.74) is 4.51. The third kappa shape index (κ3) is 12.3. The Kier molecular flexibility index (Phi) is 15.0. The van der Waals surface area contributed by atoms with Gasteiger partial charge in [-0.25, -0.2) is 14.4 Å². The van der Waals surface area contributed by atoms with E-state index in [1.807, 2.05) is 13.8 Å². The molecule has 1 atom stereocenters. The number of nitrogens with one attached hydrogen (secondary N) is 2. The number of thiol groups is 1. The second-order valence-corrected chi connectivity index (χ2v) is 11.3. The van der Waals surface area contributed by atoms with Gasteiger partial charge in [-0.3, -0.25) is 0 Å². The van der Waals surface area contributed by atoms with Crippen LogP contribution in [0.2, 0.25) is 0 Å². The number of alkyl carbamates (subject to hydrolysis) is 2. The fourth-order valence-corrected chi connectivity index (χ4v) is 5.56. The van der Waals surface area contributed by atoms with Gasteiger partial charge in [0, 0.05) is 18.7 Å². The number of hydrogen-bond acceptors (Lipinski definition) is 8. The van der Waals surface area contributed by atoms with Crippen molar-refractivity contribution in [1.29, 1.82) is 0 Å². The van der Waals surface area contributed by atoms with Crippen LogP contribution in [0.1, 0.15) is 84.5 Å². The van der Waals surface area contributed by atoms with Crippen LogP contribution in [-0.4, -0.2) is 69.2 Å². The van der Waals surface area contributed by atoms with E-state index in [4.69, 9.17) is 24.7 Å². The van der Waals surface area contributed by atoms with Crippen molar-refractivity contribution in [3.63, 3.8) is 0 Å². The van der Waals surface area contributed by atoms with Crippen molar-refractivity contribution in [1.82, 2.24) is 10.6 Å². The maximum atomic E-state index is 12.6. The van der Waals surface area contributed by atoms with Gasteiger partial charge in [0.25, 0.3) is 0 Å². The lowest BCUT2D eigenvalue weighted by Crippen LogP contribution is -2.43. The van der Waals surface area contributed by atoms with E-state index in [-0.39, 0.29) is 31.4 Å². The normalized spacial score (nSPS) is 25.0. The molecule has 0 aliphatic heterocycles. The zero-order valence-electron chi connectivity index (χ0n) is 23.2. The van der Waals surface area contributed by atoms with Gasteiger partial charge in [-0.05, 0) is 95.1 Å². The van der Waals surface area contributed by atoms with Crippen LogP contribution in [0.4, 0.5) is 14.4 Å². The van der Waals surface area contributed by atoms with Gasteiger partial charge in [0.1, 0.15) is 13.2 Å². The minimum Gasteiger partial charge on any atom is -0.450 e. The quantitative estimate of drug-likeness (QED) is 0.128. The molecule has 0 aromatic heterocycles. The highest BCUT2D eigenvalue weighted by Crippen LogP contribution is 2.35. The molecule has 38 heavy (non-hydrogen) atoms. The highest BCUT2D eigenvalue weighted by molar-refractivity contribution is 7.80. The lowest BCUT2D eigenvalue weighted by molar-refractivity contribution is -0.0373. The molecular weight excluding hydrogens is 510 g/mol. The van der Waals surface area contributed by atoms with Crippen LogP contribution in [0.15, 0.2) is 0 Å². The molecule has 2 rings (SSSR count). The molecule has 0 aromatic rings. The van der Waals surface area contributed by atoms with Crippen LogP contribution in [0.3, 0.4) is 0 Å². The molecule has 2 aliphatic rings. The SMILES string of the molecule is CCOC(=O)NC1CCC(CC2CCC(NC(=O)OCC(CC)(COCCCS)COC(N)=O)CC2)CC1. The molecule has 3 amide bonds. The minimum atomic E-state index is -0.860. The van der Waals surface area contributed by atoms with Crippen LogP contribution >= 0.6 is 12.6 Å². The van der Waals surface area contributed by atoms with Gasteiger partial charge in [-0.1, -0.05) is 6.92 Å². The third-order valence-electron chi connectivity index (χ3n) is 7.91. The fraction of sp³-hybridized carbons (Fsp3) is 0.889. The van der Waals surface area contributed by atoms with E-state index >= 15 is 0 Å². The topological polar surface area (TPSA) is 138 Å². The summed E-state index contributed by atoms with van der Waals surface area (Å²) in [6.45, 7) is 5.08. The summed E-state index contributed by atoms with van der Waals surface area (Å²) in [6, 6.07) is 0.331. The summed E-state index contributed by atoms with van der Waals surface area (Å²) in [4.78, 5) is 35.4. The zero-order chi connectivity index (χ0) is 27.8. The molecule has 0 heterocycles. The largest absolute Gasteiger partial charge is 0.450 e. The molecule has 0 bridgehead atoms. The van der Waals surface area contributed by atoms with E-state index < -0.39 is 17.6 Å². The van der Waals surface area contributed by atoms with Gasteiger partial charge in [-0.2, -0.15) is 12.6 Å². The number of nitrogens with two attached hydrogens (primary N) is 1. The Morgan fingerprint density at radius 2 is 1.34 bits per heavy atom. The molecule has 220 valence electrons. The van der Waals surface area contributed by atoms with E-state index in [2.05, 4.69) is 23.3 Å². The van der Waals surface area contributed by atoms with E-state index in [0.717, 1.165) is 57.8 Å². The first-order chi connectivity index (χ1) is 18.3. The number of carbonyl (C=O) groups is 3. The van der Waals surface area contributed by atoms with Gasteiger partial charge in [0.15, 0.2) is 0 Å². The monoisotopic (exact) mass is 559 g/mol. The van der Waals surface area contributed by atoms with Crippen LogP contribution in [0, 0.1) is 17.3 Å². The molecule has 1 unspecified atom stereocenters. The van der Waals surface area contributed by atoms with E-state index in [0.29, 0.717) is 43.8 Å². The standard InChI is InChI=1S/C27H49N3O7S/c1-3-27(18-36-24(28)31,17-34-14-5-15-38)19-37-26(33)30-23-12-8-21(9-13-23)16-20-6-10-22(11-7-20)29-25(32)35-4-2/h20-23,38H,3-19H2,1-2H3,(H2,28,31)(H,29,32)(H,30,33). The number of carbonyl (C=O) groups excluding carboxylic acids is 3. The highest BCUT2D eigenvalue weighted by Gasteiger charge is 2.33. The Bertz CT molecular complexity index is 713. The first-order valence-electron chi connectivity index (χ1n) is 14.3. The molecule has 0 radical (unpaired) electrons. The second-order valence-electron chi connectivity index (χ2n) is 10.8. The average molecular weight is 560 g/mol. The number of hydrogen-bond donors (Lipinski definition) is 4. The summed E-state index contributed by atoms with van der Waals surface area (Å²) < 4.78 is 21.4. The minimum absolute atomic E-state index is 0.0267. The van der Waals surface area contributed by atoms with Gasteiger partial charge < -0.3 is 35.3 Å². The highest BCUT2D eigenvalue weighted by atomic mass is 32.1. The molecule has 2 fully saturated rings.